The van der Waals surface area contributed by atoms with Gasteiger partial charge in [0.25, 0.3) is 5.91 Å². The number of nitrogens with one attached hydrogen (secondary N) is 1. The Morgan fingerprint density at radius 3 is 2.39 bits per heavy atom. The summed E-state index contributed by atoms with van der Waals surface area (Å²) in [4.78, 5) is 17.2. The van der Waals surface area contributed by atoms with Gasteiger partial charge in [0.05, 0.1) is 18.3 Å². The first kappa shape index (κ1) is 17.7. The second-order valence-corrected chi connectivity index (χ2v) is 6.63. The first-order valence-corrected chi connectivity index (χ1v) is 9.06. The number of aryl methyl sites for hydroxylation is 1. The van der Waals surface area contributed by atoms with E-state index in [9.17, 15) is 4.79 Å². The normalized spacial score (nSPS) is 10.6. The first-order chi connectivity index (χ1) is 13.6. The Morgan fingerprint density at radius 1 is 0.929 bits per heavy atom. The fourth-order valence-electron chi connectivity index (χ4n) is 3.11. The third-order valence-electron chi connectivity index (χ3n) is 4.63. The first-order valence-electron chi connectivity index (χ1n) is 9.06. The third kappa shape index (κ3) is 3.58. The summed E-state index contributed by atoms with van der Waals surface area (Å²) in [5.41, 5.74) is 5.13. The number of nitrogens with zero attached hydrogens (tertiary/aromatic N) is 1. The van der Waals surface area contributed by atoms with Crippen molar-refractivity contribution >= 4 is 22.5 Å². The lowest BCUT2D eigenvalue weighted by Gasteiger charge is -2.11. The number of rotatable bonds is 4. The topological polar surface area (TPSA) is 51.2 Å². The van der Waals surface area contributed by atoms with Crippen molar-refractivity contribution in [3.8, 4) is 17.0 Å². The second-order valence-electron chi connectivity index (χ2n) is 6.63. The van der Waals surface area contributed by atoms with Crippen molar-refractivity contribution in [2.24, 2.45) is 0 Å². The lowest BCUT2D eigenvalue weighted by molar-refractivity contribution is 0.102. The average Bonchev–Trinajstić information content (AvgIpc) is 2.74. The molecular weight excluding hydrogens is 348 g/mol. The summed E-state index contributed by atoms with van der Waals surface area (Å²) >= 11 is 0. The van der Waals surface area contributed by atoms with E-state index in [0.717, 1.165) is 33.5 Å². The molecule has 4 nitrogen and oxygen atoms in total. The van der Waals surface area contributed by atoms with Gasteiger partial charge in [0.1, 0.15) is 5.75 Å². The van der Waals surface area contributed by atoms with Crippen molar-refractivity contribution in [2.75, 3.05) is 12.4 Å². The molecule has 0 aliphatic rings. The molecule has 0 radical (unpaired) electrons. The Bertz CT molecular complexity index is 1140. The van der Waals surface area contributed by atoms with E-state index < -0.39 is 0 Å². The van der Waals surface area contributed by atoms with Crippen LogP contribution in [0, 0.1) is 6.92 Å². The van der Waals surface area contributed by atoms with E-state index in [4.69, 9.17) is 9.72 Å². The van der Waals surface area contributed by atoms with E-state index in [2.05, 4.69) is 5.32 Å². The predicted molar refractivity (Wildman–Crippen MR) is 113 cm³/mol. The summed E-state index contributed by atoms with van der Waals surface area (Å²) in [6, 6.07) is 25.0. The van der Waals surface area contributed by atoms with E-state index >= 15 is 0 Å². The number of ether oxygens (including phenoxy) is 1. The number of hydrogen-bond acceptors (Lipinski definition) is 3. The summed E-state index contributed by atoms with van der Waals surface area (Å²) in [5, 5.41) is 3.80. The number of carbonyl (C=O) groups excluding carboxylic acids is 1. The van der Waals surface area contributed by atoms with Gasteiger partial charge >= 0.3 is 0 Å². The van der Waals surface area contributed by atoms with Crippen LogP contribution in [-0.4, -0.2) is 18.0 Å². The zero-order valence-corrected chi connectivity index (χ0v) is 15.8. The molecule has 1 aromatic heterocycles. The highest BCUT2D eigenvalue weighted by atomic mass is 16.5. The maximum absolute atomic E-state index is 12.5. The van der Waals surface area contributed by atoms with Crippen LogP contribution in [0.25, 0.3) is 22.2 Å². The summed E-state index contributed by atoms with van der Waals surface area (Å²) in [6.07, 6.45) is 0. The van der Waals surface area contributed by atoms with Gasteiger partial charge in [0.2, 0.25) is 0 Å². The van der Waals surface area contributed by atoms with Crippen LogP contribution in [0.5, 0.6) is 5.75 Å². The number of anilines is 1. The van der Waals surface area contributed by atoms with E-state index in [1.165, 1.54) is 0 Å². The van der Waals surface area contributed by atoms with Crippen molar-refractivity contribution in [1.29, 1.82) is 0 Å². The van der Waals surface area contributed by atoms with Gasteiger partial charge in [-0.1, -0.05) is 48.0 Å². The van der Waals surface area contributed by atoms with Gasteiger partial charge in [-0.25, -0.2) is 4.98 Å². The zero-order valence-electron chi connectivity index (χ0n) is 15.8. The van der Waals surface area contributed by atoms with Crippen LogP contribution in [0.3, 0.4) is 0 Å². The van der Waals surface area contributed by atoms with Crippen molar-refractivity contribution in [2.45, 2.75) is 6.92 Å². The molecule has 0 aliphatic carbocycles. The number of fused-ring (bicyclic) bond motifs is 1. The highest BCUT2D eigenvalue weighted by Gasteiger charge is 2.11. The molecule has 1 N–H and O–H groups in total. The van der Waals surface area contributed by atoms with Crippen LogP contribution in [0.4, 0.5) is 5.69 Å². The van der Waals surface area contributed by atoms with Gasteiger partial charge in [-0.15, -0.1) is 0 Å². The summed E-state index contributed by atoms with van der Waals surface area (Å²) in [6.45, 7) is 1.99. The molecule has 4 heteroatoms. The van der Waals surface area contributed by atoms with E-state index in [1.807, 2.05) is 85.8 Å². The van der Waals surface area contributed by atoms with Crippen LogP contribution < -0.4 is 10.1 Å². The van der Waals surface area contributed by atoms with E-state index in [0.29, 0.717) is 11.3 Å². The van der Waals surface area contributed by atoms with Gasteiger partial charge in [-0.05, 0) is 37.3 Å². The smallest absolute Gasteiger partial charge is 0.255 e. The molecule has 0 saturated heterocycles. The molecule has 3 aromatic carbocycles. The molecule has 0 aliphatic heterocycles. The van der Waals surface area contributed by atoms with Gasteiger partial charge < -0.3 is 10.1 Å². The van der Waals surface area contributed by atoms with Gasteiger partial charge in [0.15, 0.2) is 0 Å². The minimum atomic E-state index is -0.146. The molecule has 0 saturated carbocycles. The molecule has 28 heavy (non-hydrogen) atoms. The molecule has 4 rings (SSSR count). The van der Waals surface area contributed by atoms with Crippen LogP contribution in [0.1, 0.15) is 15.9 Å². The molecule has 138 valence electrons. The number of amides is 1. The molecule has 1 heterocycles. The highest BCUT2D eigenvalue weighted by molar-refractivity contribution is 6.05. The molecular formula is C24H20N2O2. The Hall–Kier alpha value is -3.66. The van der Waals surface area contributed by atoms with Crippen LogP contribution in [-0.2, 0) is 0 Å². The van der Waals surface area contributed by atoms with E-state index in [1.54, 1.807) is 7.11 Å². The van der Waals surface area contributed by atoms with Gasteiger partial charge in [-0.3, -0.25) is 4.79 Å². The Morgan fingerprint density at radius 2 is 1.68 bits per heavy atom. The standard InChI is InChI=1S/C24H20N2O2/c1-16-8-10-18(11-9-16)24(27)25-19-12-13-21-20(14-19)23(28-2)15-22(26-21)17-6-4-3-5-7-17/h3-15H,1-2H3,(H,25,27). The Balaban J connectivity index is 1.68. The summed E-state index contributed by atoms with van der Waals surface area (Å²) in [7, 11) is 1.64. The maximum atomic E-state index is 12.5. The fourth-order valence-corrected chi connectivity index (χ4v) is 3.11. The number of benzene rings is 3. The van der Waals surface area contributed by atoms with E-state index in [-0.39, 0.29) is 5.91 Å². The highest BCUT2D eigenvalue weighted by Crippen LogP contribution is 2.31. The number of pyridine rings is 1. The Labute approximate surface area is 163 Å². The predicted octanol–water partition coefficient (Wildman–Crippen LogP) is 5.47. The average molecular weight is 368 g/mol. The molecule has 0 bridgehead atoms. The molecule has 0 atom stereocenters. The molecule has 4 aromatic rings. The van der Waals surface area contributed by atoms with Crippen LogP contribution in [0.2, 0.25) is 0 Å². The monoisotopic (exact) mass is 368 g/mol. The third-order valence-corrected chi connectivity index (χ3v) is 4.63. The molecule has 1 amide bonds. The zero-order chi connectivity index (χ0) is 19.5. The lowest BCUT2D eigenvalue weighted by Crippen LogP contribution is -2.11. The van der Waals surface area contributed by atoms with Crippen LogP contribution in [0.15, 0.2) is 78.9 Å². The van der Waals surface area contributed by atoms with Crippen molar-refractivity contribution < 1.29 is 9.53 Å². The lowest BCUT2D eigenvalue weighted by atomic mass is 10.1. The van der Waals surface area contributed by atoms with Crippen molar-refractivity contribution in [3.05, 3.63) is 90.0 Å². The molecule has 0 fully saturated rings. The number of methoxy groups -OCH3 is 1. The SMILES string of the molecule is COc1cc(-c2ccccc2)nc2ccc(NC(=O)c3ccc(C)cc3)cc12. The summed E-state index contributed by atoms with van der Waals surface area (Å²) < 4.78 is 5.59. The molecule has 0 spiro atoms. The quantitative estimate of drug-likeness (QED) is 0.519. The Kier molecular flexibility index (Phi) is 4.77. The molecule has 0 unspecified atom stereocenters. The fraction of sp³-hybridized carbons (Fsp3) is 0.0833. The number of hydrogen-bond donors (Lipinski definition) is 1. The number of aromatic nitrogens is 1. The van der Waals surface area contributed by atoms with Crippen LogP contribution >= 0.6 is 0 Å². The second kappa shape index (κ2) is 7.53. The van der Waals surface area contributed by atoms with Crippen molar-refractivity contribution in [3.63, 3.8) is 0 Å². The minimum Gasteiger partial charge on any atom is -0.496 e. The summed E-state index contributed by atoms with van der Waals surface area (Å²) in [5.74, 6) is 0.572. The largest absolute Gasteiger partial charge is 0.496 e. The minimum absolute atomic E-state index is 0.146. The van der Waals surface area contributed by atoms with Crippen molar-refractivity contribution in [1.82, 2.24) is 4.98 Å². The number of carbonyl (C=O) groups is 1. The maximum Gasteiger partial charge on any atom is 0.255 e. The van der Waals surface area contributed by atoms with Gasteiger partial charge in [-0.2, -0.15) is 0 Å². The van der Waals surface area contributed by atoms with Gasteiger partial charge in [0, 0.05) is 28.3 Å².